The molecule has 38 heavy (non-hydrogen) atoms. The molecule has 1 unspecified atom stereocenters. The fourth-order valence-electron chi connectivity index (χ4n) is 5.93. The molecule has 1 amide bonds. The first kappa shape index (κ1) is 21.1. The van der Waals surface area contributed by atoms with Crippen molar-refractivity contribution in [2.45, 2.75) is 48.6 Å². The quantitative estimate of drug-likeness (QED) is 0.382. The topological polar surface area (TPSA) is 162 Å². The fraction of sp³-hybridized carbons (Fsp3) is 0.400. The summed E-state index contributed by atoms with van der Waals surface area (Å²) in [5.74, 6) is -0.620. The second-order valence-corrected chi connectivity index (χ2v) is 11.8. The Balaban J connectivity index is 1.40. The first-order chi connectivity index (χ1) is 19.4. The molecule has 4 aromatic heterocycles. The average Bonchev–Trinajstić information content (AvgIpc) is 3.64. The number of fused-ring (bicyclic) bond motifs is 3. The van der Waals surface area contributed by atoms with E-state index in [-0.39, 0.29) is 34.6 Å². The highest BCUT2D eigenvalue weighted by Crippen LogP contribution is 2.45. The predicted molar refractivity (Wildman–Crippen MR) is 139 cm³/mol. The highest BCUT2D eigenvalue weighted by atomic mass is 32.2. The monoisotopic (exact) mass is 539 g/mol. The van der Waals surface area contributed by atoms with Crippen molar-refractivity contribution in [2.24, 2.45) is 6.98 Å². The molecule has 4 aromatic rings. The molecule has 6 rings (SSSR count). The van der Waals surface area contributed by atoms with Crippen LogP contribution in [0.3, 0.4) is 0 Å². The van der Waals surface area contributed by atoms with E-state index in [1.54, 1.807) is 35.5 Å². The summed E-state index contributed by atoms with van der Waals surface area (Å²) in [5.41, 5.74) is 9.26. The van der Waals surface area contributed by atoms with Gasteiger partial charge in [-0.1, -0.05) is 6.07 Å². The van der Waals surface area contributed by atoms with Gasteiger partial charge >= 0.3 is 0 Å². The molecule has 12 nitrogen and oxygen atoms in total. The molecule has 2 bridgehead atoms. The van der Waals surface area contributed by atoms with Gasteiger partial charge in [0.2, 0.25) is 5.91 Å². The van der Waals surface area contributed by atoms with E-state index >= 15 is 0 Å². The number of carbonyl (C=O) groups excluding carboxylic acids is 1. The van der Waals surface area contributed by atoms with E-state index < -0.39 is 23.4 Å². The normalized spacial score (nSPS) is 22.8. The van der Waals surface area contributed by atoms with Crippen LogP contribution in [0.15, 0.2) is 41.7 Å². The van der Waals surface area contributed by atoms with E-state index in [1.165, 1.54) is 10.7 Å². The molecule has 0 radical (unpaired) electrons. The summed E-state index contributed by atoms with van der Waals surface area (Å²) in [6.45, 7) is -2.95. The van der Waals surface area contributed by atoms with E-state index in [2.05, 4.69) is 15.2 Å². The number of piperidine rings is 1. The van der Waals surface area contributed by atoms with Crippen LogP contribution < -0.4 is 5.73 Å². The zero-order valence-corrected chi connectivity index (χ0v) is 21.3. The maximum Gasteiger partial charge on any atom is 0.248 e. The van der Waals surface area contributed by atoms with Gasteiger partial charge in [0.15, 0.2) is 15.5 Å². The number of aryl methyl sites for hydroxylation is 1. The second-order valence-electron chi connectivity index (χ2n) is 9.87. The van der Waals surface area contributed by atoms with Crippen molar-refractivity contribution in [1.29, 1.82) is 0 Å². The van der Waals surface area contributed by atoms with E-state index in [0.717, 1.165) is 23.8 Å². The van der Waals surface area contributed by atoms with Gasteiger partial charge in [-0.2, -0.15) is 14.7 Å². The molecule has 198 valence electrons. The highest BCUT2D eigenvalue weighted by molar-refractivity contribution is 7.91. The van der Waals surface area contributed by atoms with Crippen LogP contribution in [-0.2, 0) is 21.6 Å². The number of aliphatic hydroxyl groups excluding tert-OH is 1. The summed E-state index contributed by atoms with van der Waals surface area (Å²) in [6, 6.07) is 4.82. The number of carbonyl (C=O) groups is 1. The summed E-state index contributed by atoms with van der Waals surface area (Å²) in [4.78, 5) is 23.3. The van der Waals surface area contributed by atoms with Crippen molar-refractivity contribution in [1.82, 2.24) is 34.3 Å². The first-order valence-corrected chi connectivity index (χ1v) is 14.1. The van der Waals surface area contributed by atoms with Crippen molar-refractivity contribution >= 4 is 27.2 Å². The molecule has 6 heterocycles. The van der Waals surface area contributed by atoms with Gasteiger partial charge in [-0.3, -0.25) is 14.5 Å². The summed E-state index contributed by atoms with van der Waals surface area (Å²) in [5, 5.41) is 17.9. The summed E-state index contributed by atoms with van der Waals surface area (Å²) < 4.78 is 50.6. The van der Waals surface area contributed by atoms with Crippen LogP contribution in [0.25, 0.3) is 28.2 Å². The Labute approximate surface area is 223 Å². The number of sulfone groups is 1. The highest BCUT2D eigenvalue weighted by Gasteiger charge is 2.45. The Morgan fingerprint density at radius 3 is 2.55 bits per heavy atom. The number of nitrogen functional groups attached to an aromatic ring is 1. The van der Waals surface area contributed by atoms with Crippen molar-refractivity contribution in [3.8, 4) is 22.5 Å². The summed E-state index contributed by atoms with van der Waals surface area (Å²) in [6.07, 6.45) is 8.16. The van der Waals surface area contributed by atoms with Gasteiger partial charge in [0.05, 0.1) is 17.6 Å². The molecule has 0 spiro atoms. The number of pyridine rings is 1. The van der Waals surface area contributed by atoms with Gasteiger partial charge in [0.25, 0.3) is 0 Å². The molecule has 2 aliphatic rings. The Morgan fingerprint density at radius 2 is 1.95 bits per heavy atom. The summed E-state index contributed by atoms with van der Waals surface area (Å²) in [7, 11) is -3.78. The molecule has 2 fully saturated rings. The Hall–Kier alpha value is -3.84. The molecule has 2 saturated heterocycles. The number of hydrogen-bond acceptors (Lipinski definition) is 9. The molecular weight excluding hydrogens is 508 g/mol. The van der Waals surface area contributed by atoms with Crippen molar-refractivity contribution in [2.75, 3.05) is 18.6 Å². The van der Waals surface area contributed by atoms with Crippen LogP contribution in [0.2, 0.25) is 0 Å². The lowest BCUT2D eigenvalue weighted by atomic mass is 9.87. The summed E-state index contributed by atoms with van der Waals surface area (Å²) >= 11 is 0. The van der Waals surface area contributed by atoms with Crippen molar-refractivity contribution in [3.05, 3.63) is 42.5 Å². The average molecular weight is 540 g/mol. The minimum atomic E-state index is -3.78. The Kier molecular flexibility index (Phi) is 4.94. The number of aromatic nitrogens is 6. The largest absolute Gasteiger partial charge is 0.387 e. The molecule has 13 heteroatoms. The van der Waals surface area contributed by atoms with Crippen LogP contribution in [0.5, 0.6) is 0 Å². The zero-order chi connectivity index (χ0) is 29.3. The van der Waals surface area contributed by atoms with E-state index in [9.17, 15) is 18.3 Å². The number of rotatable bonds is 5. The smallest absolute Gasteiger partial charge is 0.248 e. The van der Waals surface area contributed by atoms with Crippen LogP contribution in [0.1, 0.15) is 41.4 Å². The number of aliphatic hydroxyl groups is 1. The van der Waals surface area contributed by atoms with Gasteiger partial charge in [-0.25, -0.2) is 13.4 Å². The van der Waals surface area contributed by atoms with E-state index in [1.807, 2.05) is 0 Å². The molecular formula is C25H28N8O4S. The van der Waals surface area contributed by atoms with Gasteiger partial charge in [0, 0.05) is 58.9 Å². The molecule has 0 aromatic carbocycles. The number of nitrogens with two attached hydrogens (primary N) is 1. The first-order valence-electron chi connectivity index (χ1n) is 13.7. The Morgan fingerprint density at radius 1 is 1.18 bits per heavy atom. The molecule has 0 saturated carbocycles. The lowest BCUT2D eigenvalue weighted by Crippen LogP contribution is -2.47. The van der Waals surface area contributed by atoms with Crippen LogP contribution >= 0.6 is 0 Å². The van der Waals surface area contributed by atoms with Gasteiger partial charge in [-0.15, -0.1) is 0 Å². The van der Waals surface area contributed by atoms with Gasteiger partial charge in [0.1, 0.15) is 23.0 Å². The van der Waals surface area contributed by atoms with E-state index in [0.29, 0.717) is 46.7 Å². The minimum Gasteiger partial charge on any atom is -0.387 e. The maximum atomic E-state index is 13.0. The maximum absolute atomic E-state index is 13.0. The third kappa shape index (κ3) is 3.93. The van der Waals surface area contributed by atoms with Crippen LogP contribution in [-0.4, -0.2) is 78.6 Å². The lowest BCUT2D eigenvalue weighted by Gasteiger charge is -2.39. The van der Waals surface area contributed by atoms with E-state index in [4.69, 9.17) is 14.8 Å². The molecule has 2 aliphatic heterocycles. The molecule has 0 aliphatic carbocycles. The van der Waals surface area contributed by atoms with Crippen LogP contribution in [0.4, 0.5) is 5.82 Å². The third-order valence-corrected chi connectivity index (χ3v) is 8.66. The van der Waals surface area contributed by atoms with Crippen LogP contribution in [0, 0.1) is 0 Å². The number of nitrogens with zero attached hydrogens (tertiary/aromatic N) is 7. The predicted octanol–water partition coefficient (Wildman–Crippen LogP) is 1.41. The Bertz CT molecular complexity index is 1750. The number of hydrogen-bond donors (Lipinski definition) is 2. The standard InChI is InChI=1S/C25H28N8O4S/c1-31-8-7-20(30-31)19-6-3-14(11-27-19)18-12-28-33-24(26)23(38(2,36)37)22(29-25(18)33)15-9-16-4-5-17(10-15)32(16)21(35)13-34/h3,6-8,11-12,15-17,34H,4-5,9-10,13,26H2,1-2H3/t15?,16-,17+/i1D3. The molecule has 3 N–H and O–H groups in total. The SMILES string of the molecule is [2H]C([2H])([2H])n1ccc(-c2ccc(-c3cnn4c(N)c(S(C)(=O)=O)c(C5C[C@H]6CC[C@@H](C5)N6C(=O)CO)nc34)cn2)n1. The fourth-order valence-corrected chi connectivity index (χ4v) is 6.99. The van der Waals surface area contributed by atoms with Gasteiger partial charge < -0.3 is 15.7 Å². The van der Waals surface area contributed by atoms with Gasteiger partial charge in [-0.05, 0) is 37.8 Å². The molecule has 3 atom stereocenters. The third-order valence-electron chi connectivity index (χ3n) is 7.50. The lowest BCUT2D eigenvalue weighted by molar-refractivity contribution is -0.138. The number of amides is 1. The van der Waals surface area contributed by atoms with Crippen molar-refractivity contribution < 1.29 is 22.4 Å². The number of anilines is 1. The second kappa shape index (κ2) is 8.88. The zero-order valence-electron chi connectivity index (χ0n) is 23.5. The van der Waals surface area contributed by atoms with Crippen molar-refractivity contribution in [3.63, 3.8) is 0 Å². The minimum absolute atomic E-state index is 0.0419.